The highest BCUT2D eigenvalue weighted by Gasteiger charge is 2.33. The zero-order valence-corrected chi connectivity index (χ0v) is 15.4. The standard InChI is InChI=1S/C17H12BrNO2S2/c1-21-14-5-3-2-4-11(14)10-15-16(20)19(17(22)23-15)13-8-6-12(18)7-9-13/h2-10H,1H3. The highest BCUT2D eigenvalue weighted by atomic mass is 79.9. The van der Waals surface area contributed by atoms with E-state index < -0.39 is 0 Å². The Bertz CT molecular complexity index is 802. The number of nitrogens with zero attached hydrogens (tertiary/aromatic N) is 1. The number of ether oxygens (including phenoxy) is 1. The summed E-state index contributed by atoms with van der Waals surface area (Å²) in [4.78, 5) is 14.8. The first-order valence-corrected chi connectivity index (χ1v) is 8.78. The molecule has 6 heteroatoms. The fourth-order valence-electron chi connectivity index (χ4n) is 2.21. The van der Waals surface area contributed by atoms with E-state index in [1.807, 2.05) is 54.6 Å². The number of hydrogen-bond donors (Lipinski definition) is 0. The molecule has 1 heterocycles. The van der Waals surface area contributed by atoms with Crippen molar-refractivity contribution < 1.29 is 9.53 Å². The third kappa shape index (κ3) is 3.34. The molecular weight excluding hydrogens is 394 g/mol. The van der Waals surface area contributed by atoms with E-state index in [0.717, 1.165) is 21.5 Å². The lowest BCUT2D eigenvalue weighted by Crippen LogP contribution is -2.27. The van der Waals surface area contributed by atoms with E-state index in [2.05, 4.69) is 15.9 Å². The molecule has 2 aromatic carbocycles. The molecule has 0 bridgehead atoms. The van der Waals surface area contributed by atoms with Crippen LogP contribution in [0.1, 0.15) is 5.56 Å². The largest absolute Gasteiger partial charge is 0.496 e. The Labute approximate surface area is 152 Å². The molecule has 3 nitrogen and oxygen atoms in total. The van der Waals surface area contributed by atoms with Gasteiger partial charge >= 0.3 is 0 Å². The Balaban J connectivity index is 1.95. The number of hydrogen-bond acceptors (Lipinski definition) is 4. The van der Waals surface area contributed by atoms with Gasteiger partial charge in [-0.1, -0.05) is 58.1 Å². The van der Waals surface area contributed by atoms with Crippen LogP contribution < -0.4 is 9.64 Å². The first-order valence-electron chi connectivity index (χ1n) is 6.76. The molecule has 0 spiro atoms. The summed E-state index contributed by atoms with van der Waals surface area (Å²) in [6.45, 7) is 0. The number of methoxy groups -OCH3 is 1. The molecule has 0 N–H and O–H groups in total. The molecule has 0 aliphatic carbocycles. The zero-order valence-electron chi connectivity index (χ0n) is 12.2. The van der Waals surface area contributed by atoms with Crippen molar-refractivity contribution in [3.63, 3.8) is 0 Å². The van der Waals surface area contributed by atoms with Crippen molar-refractivity contribution >= 4 is 61.9 Å². The van der Waals surface area contributed by atoms with Gasteiger partial charge in [0.2, 0.25) is 0 Å². The molecule has 0 atom stereocenters. The van der Waals surface area contributed by atoms with Gasteiger partial charge in [-0.25, -0.2) is 0 Å². The van der Waals surface area contributed by atoms with E-state index in [-0.39, 0.29) is 5.91 Å². The second kappa shape index (κ2) is 6.86. The molecule has 0 aromatic heterocycles. The smallest absolute Gasteiger partial charge is 0.270 e. The van der Waals surface area contributed by atoms with E-state index in [0.29, 0.717) is 9.23 Å². The molecule has 23 heavy (non-hydrogen) atoms. The van der Waals surface area contributed by atoms with Gasteiger partial charge < -0.3 is 4.74 Å². The zero-order chi connectivity index (χ0) is 16.4. The Hall–Kier alpha value is -1.63. The van der Waals surface area contributed by atoms with Crippen LogP contribution in [0, 0.1) is 0 Å². The van der Waals surface area contributed by atoms with E-state index in [1.165, 1.54) is 11.8 Å². The number of halogens is 1. The Morgan fingerprint density at radius 3 is 2.57 bits per heavy atom. The molecule has 0 radical (unpaired) electrons. The Morgan fingerprint density at radius 1 is 1.17 bits per heavy atom. The molecule has 1 aliphatic heterocycles. The minimum absolute atomic E-state index is 0.117. The summed E-state index contributed by atoms with van der Waals surface area (Å²) in [5.74, 6) is 0.606. The molecule has 1 saturated heterocycles. The minimum Gasteiger partial charge on any atom is -0.496 e. The van der Waals surface area contributed by atoms with Crippen molar-refractivity contribution in [2.24, 2.45) is 0 Å². The maximum absolute atomic E-state index is 12.7. The fraction of sp³-hybridized carbons (Fsp3) is 0.0588. The van der Waals surface area contributed by atoms with Crippen molar-refractivity contribution in [2.75, 3.05) is 12.0 Å². The van der Waals surface area contributed by atoms with Gasteiger partial charge in [-0.05, 0) is 36.4 Å². The van der Waals surface area contributed by atoms with Crippen LogP contribution in [-0.4, -0.2) is 17.3 Å². The normalized spacial score (nSPS) is 16.3. The monoisotopic (exact) mass is 405 g/mol. The molecule has 0 saturated carbocycles. The van der Waals surface area contributed by atoms with Gasteiger partial charge in [0, 0.05) is 10.0 Å². The van der Waals surface area contributed by atoms with Crippen LogP contribution in [0.2, 0.25) is 0 Å². The lowest BCUT2D eigenvalue weighted by Gasteiger charge is -2.14. The van der Waals surface area contributed by atoms with Gasteiger partial charge in [-0.15, -0.1) is 0 Å². The summed E-state index contributed by atoms with van der Waals surface area (Å²) in [5.41, 5.74) is 1.62. The van der Waals surface area contributed by atoms with E-state index in [9.17, 15) is 4.79 Å². The maximum atomic E-state index is 12.7. The molecule has 1 fully saturated rings. The number of amides is 1. The third-order valence-corrected chi connectivity index (χ3v) is 5.13. The van der Waals surface area contributed by atoms with Crippen LogP contribution in [0.15, 0.2) is 57.9 Å². The summed E-state index contributed by atoms with van der Waals surface area (Å²) < 4.78 is 6.81. The lowest BCUT2D eigenvalue weighted by atomic mass is 10.2. The average Bonchev–Trinajstić information content (AvgIpc) is 2.83. The number of carbonyl (C=O) groups is 1. The molecular formula is C17H12BrNO2S2. The highest BCUT2D eigenvalue weighted by Crippen LogP contribution is 2.37. The van der Waals surface area contributed by atoms with Crippen LogP contribution >= 0.6 is 39.9 Å². The molecule has 1 aliphatic rings. The van der Waals surface area contributed by atoms with Crippen molar-refractivity contribution in [1.29, 1.82) is 0 Å². The fourth-order valence-corrected chi connectivity index (χ4v) is 3.76. The van der Waals surface area contributed by atoms with Crippen LogP contribution in [0.3, 0.4) is 0 Å². The van der Waals surface area contributed by atoms with Gasteiger partial charge in [0.25, 0.3) is 5.91 Å². The van der Waals surface area contributed by atoms with E-state index in [1.54, 1.807) is 12.0 Å². The van der Waals surface area contributed by atoms with Gasteiger partial charge in [0.15, 0.2) is 4.32 Å². The van der Waals surface area contributed by atoms with Crippen molar-refractivity contribution in [1.82, 2.24) is 0 Å². The number of thiocarbonyl (C=S) groups is 1. The summed E-state index contributed by atoms with van der Waals surface area (Å²) >= 11 is 10.1. The van der Waals surface area contributed by atoms with Crippen molar-refractivity contribution in [2.45, 2.75) is 0 Å². The summed E-state index contributed by atoms with van der Waals surface area (Å²) in [6.07, 6.45) is 1.82. The molecule has 0 unspecified atom stereocenters. The molecule has 116 valence electrons. The predicted molar refractivity (Wildman–Crippen MR) is 103 cm³/mol. The van der Waals surface area contributed by atoms with Gasteiger partial charge in [-0.3, -0.25) is 9.69 Å². The van der Waals surface area contributed by atoms with Crippen molar-refractivity contribution in [3.05, 3.63) is 63.5 Å². The highest BCUT2D eigenvalue weighted by molar-refractivity contribution is 9.10. The number of rotatable bonds is 3. The van der Waals surface area contributed by atoms with Crippen molar-refractivity contribution in [3.8, 4) is 5.75 Å². The topological polar surface area (TPSA) is 29.5 Å². The average molecular weight is 406 g/mol. The van der Waals surface area contributed by atoms with Gasteiger partial charge in [-0.2, -0.15) is 0 Å². The van der Waals surface area contributed by atoms with Crippen LogP contribution in [0.5, 0.6) is 5.75 Å². The van der Waals surface area contributed by atoms with Gasteiger partial charge in [0.05, 0.1) is 17.7 Å². The third-order valence-electron chi connectivity index (χ3n) is 3.30. The number of carbonyl (C=O) groups excluding carboxylic acids is 1. The second-order valence-corrected chi connectivity index (χ2v) is 7.33. The quantitative estimate of drug-likeness (QED) is 0.538. The molecule has 2 aromatic rings. The number of thioether (sulfide) groups is 1. The SMILES string of the molecule is COc1ccccc1C=C1SC(=S)N(c2ccc(Br)cc2)C1=O. The second-order valence-electron chi connectivity index (χ2n) is 4.74. The number of anilines is 1. The van der Waals surface area contributed by atoms with Crippen LogP contribution in [0.4, 0.5) is 5.69 Å². The van der Waals surface area contributed by atoms with Crippen LogP contribution in [-0.2, 0) is 4.79 Å². The lowest BCUT2D eigenvalue weighted by molar-refractivity contribution is -0.113. The Morgan fingerprint density at radius 2 is 1.87 bits per heavy atom. The maximum Gasteiger partial charge on any atom is 0.270 e. The number of para-hydroxylation sites is 1. The summed E-state index contributed by atoms with van der Waals surface area (Å²) in [6, 6.07) is 15.1. The first kappa shape index (κ1) is 16.2. The molecule has 1 amide bonds. The van der Waals surface area contributed by atoms with E-state index in [4.69, 9.17) is 17.0 Å². The number of benzene rings is 2. The first-order chi connectivity index (χ1) is 11.1. The summed E-state index contributed by atoms with van der Waals surface area (Å²) in [7, 11) is 1.61. The summed E-state index contributed by atoms with van der Waals surface area (Å²) in [5, 5.41) is 0. The van der Waals surface area contributed by atoms with Gasteiger partial charge in [0.1, 0.15) is 5.75 Å². The van der Waals surface area contributed by atoms with Crippen LogP contribution in [0.25, 0.3) is 6.08 Å². The van der Waals surface area contributed by atoms with E-state index >= 15 is 0 Å². The minimum atomic E-state index is -0.117. The molecule has 3 rings (SSSR count). The Kier molecular flexibility index (Phi) is 4.84. The predicted octanol–water partition coefficient (Wildman–Crippen LogP) is 4.86.